The van der Waals surface area contributed by atoms with E-state index in [1.54, 1.807) is 0 Å². The van der Waals surface area contributed by atoms with E-state index >= 15 is 0 Å². The number of unbranched alkanes of at least 4 members (excludes halogenated alkanes) is 45. The predicted molar refractivity (Wildman–Crippen MR) is 395 cm³/mol. The van der Waals surface area contributed by atoms with E-state index < -0.39 is 97.5 Å². The van der Waals surface area contributed by atoms with Gasteiger partial charge in [-0.3, -0.25) is 37.3 Å². The maximum Gasteiger partial charge on any atom is 0.472 e. The van der Waals surface area contributed by atoms with Crippen LogP contribution in [0.3, 0.4) is 0 Å². The van der Waals surface area contributed by atoms with E-state index in [1.807, 2.05) is 0 Å². The molecule has 0 saturated carbocycles. The number of rotatable bonds is 77. The van der Waals surface area contributed by atoms with E-state index in [-0.39, 0.29) is 25.7 Å². The van der Waals surface area contributed by atoms with Crippen LogP contribution in [-0.4, -0.2) is 96.7 Å². The number of aliphatic hydroxyl groups is 1. The number of carbonyl (C=O) groups is 4. The lowest BCUT2D eigenvalue weighted by Gasteiger charge is -2.21. The van der Waals surface area contributed by atoms with Gasteiger partial charge in [-0.2, -0.15) is 0 Å². The molecule has 0 amide bonds. The van der Waals surface area contributed by atoms with Crippen molar-refractivity contribution < 1.29 is 80.2 Å². The summed E-state index contributed by atoms with van der Waals surface area (Å²) < 4.78 is 68.5. The third-order valence-electron chi connectivity index (χ3n) is 18.9. The average Bonchev–Trinajstić information content (AvgIpc) is 1.60. The summed E-state index contributed by atoms with van der Waals surface area (Å²) in [5, 5.41) is 10.6. The van der Waals surface area contributed by atoms with Crippen molar-refractivity contribution in [1.82, 2.24) is 0 Å². The summed E-state index contributed by atoms with van der Waals surface area (Å²) in [7, 11) is -9.91. The summed E-state index contributed by atoms with van der Waals surface area (Å²) in [6.45, 7) is 9.60. The molecule has 0 spiro atoms. The fourth-order valence-electron chi connectivity index (χ4n) is 11.9. The quantitative estimate of drug-likeness (QED) is 0.0222. The Morgan fingerprint density at radius 1 is 0.289 bits per heavy atom. The zero-order valence-electron chi connectivity index (χ0n) is 63.4. The second kappa shape index (κ2) is 69.8. The number of carbonyl (C=O) groups excluding carboxylic acids is 4. The summed E-state index contributed by atoms with van der Waals surface area (Å²) in [5.74, 6) is -0.528. The fourth-order valence-corrected chi connectivity index (χ4v) is 13.5. The minimum absolute atomic E-state index is 0.103. The SMILES string of the molecule is CCCCCCCCCCCCCCCCCCCC(=O)OC[C@H](COP(=O)(O)OC[C@@H](O)COP(=O)(O)OC[C@@H](COC(=O)CCCCCCCCCC)OC(=O)CCCCCCCCC(C)CC)OC(=O)CCCCCCCCCCCCCCCCCCCCC(C)CC. The van der Waals surface area contributed by atoms with E-state index in [2.05, 4.69) is 41.5 Å². The highest BCUT2D eigenvalue weighted by Gasteiger charge is 2.30. The van der Waals surface area contributed by atoms with E-state index in [1.165, 1.54) is 218 Å². The van der Waals surface area contributed by atoms with Gasteiger partial charge < -0.3 is 33.8 Å². The van der Waals surface area contributed by atoms with Crippen LogP contribution in [0, 0.1) is 11.8 Å². The van der Waals surface area contributed by atoms with E-state index in [0.717, 1.165) is 108 Å². The Labute approximate surface area is 594 Å². The summed E-state index contributed by atoms with van der Waals surface area (Å²) in [6, 6.07) is 0. The molecule has 0 aliphatic heterocycles. The normalized spacial score (nSPS) is 14.5. The van der Waals surface area contributed by atoms with Gasteiger partial charge in [0, 0.05) is 25.7 Å². The van der Waals surface area contributed by atoms with Crippen LogP contribution < -0.4 is 0 Å². The number of ether oxygens (including phenoxy) is 4. The smallest absolute Gasteiger partial charge is 0.462 e. The molecule has 0 aromatic heterocycles. The Morgan fingerprint density at radius 3 is 0.732 bits per heavy atom. The van der Waals surface area contributed by atoms with E-state index in [0.29, 0.717) is 25.7 Å². The van der Waals surface area contributed by atoms with Crippen molar-refractivity contribution in [1.29, 1.82) is 0 Å². The molecule has 7 atom stereocenters. The van der Waals surface area contributed by atoms with Crippen LogP contribution in [0.2, 0.25) is 0 Å². The molecule has 0 aromatic rings. The summed E-state index contributed by atoms with van der Waals surface area (Å²) in [5.41, 5.74) is 0. The molecule has 17 nitrogen and oxygen atoms in total. The Hall–Kier alpha value is -1.94. The highest BCUT2D eigenvalue weighted by atomic mass is 31.2. The van der Waals surface area contributed by atoms with Crippen molar-refractivity contribution in [3.63, 3.8) is 0 Å². The van der Waals surface area contributed by atoms with Crippen LogP contribution in [0.15, 0.2) is 0 Å². The average molecular weight is 1420 g/mol. The number of hydrogen-bond acceptors (Lipinski definition) is 15. The number of esters is 4. The number of phosphoric ester groups is 2. The van der Waals surface area contributed by atoms with Crippen molar-refractivity contribution in [2.24, 2.45) is 11.8 Å². The molecular formula is C78H152O17P2. The molecule has 0 radical (unpaired) electrons. The lowest BCUT2D eigenvalue weighted by Crippen LogP contribution is -2.30. The Morgan fingerprint density at radius 2 is 0.495 bits per heavy atom. The molecule has 3 N–H and O–H groups in total. The molecule has 19 heteroatoms. The van der Waals surface area contributed by atoms with Crippen LogP contribution in [0.4, 0.5) is 0 Å². The minimum Gasteiger partial charge on any atom is -0.462 e. The van der Waals surface area contributed by atoms with Gasteiger partial charge in [-0.05, 0) is 37.5 Å². The number of phosphoric acid groups is 2. The zero-order valence-corrected chi connectivity index (χ0v) is 65.2. The topological polar surface area (TPSA) is 237 Å². The molecule has 0 rings (SSSR count). The maximum atomic E-state index is 13.1. The number of hydrogen-bond donors (Lipinski definition) is 3. The van der Waals surface area contributed by atoms with Crippen LogP contribution in [0.5, 0.6) is 0 Å². The van der Waals surface area contributed by atoms with Gasteiger partial charge in [-0.25, -0.2) is 9.13 Å². The van der Waals surface area contributed by atoms with Gasteiger partial charge in [0.15, 0.2) is 12.2 Å². The van der Waals surface area contributed by atoms with Gasteiger partial charge >= 0.3 is 39.5 Å². The number of aliphatic hydroxyl groups excluding tert-OH is 1. The molecule has 0 aliphatic carbocycles. The third kappa shape index (κ3) is 69.5. The van der Waals surface area contributed by atoms with Crippen LogP contribution in [0.1, 0.15) is 408 Å². The first-order valence-corrected chi connectivity index (χ1v) is 43.6. The van der Waals surface area contributed by atoms with Gasteiger partial charge in [0.1, 0.15) is 19.3 Å². The van der Waals surface area contributed by atoms with Crippen molar-refractivity contribution in [2.75, 3.05) is 39.6 Å². The highest BCUT2D eigenvalue weighted by Crippen LogP contribution is 2.45. The van der Waals surface area contributed by atoms with Crippen LogP contribution >= 0.6 is 15.6 Å². The van der Waals surface area contributed by atoms with Gasteiger partial charge in [0.2, 0.25) is 0 Å². The standard InChI is InChI=1S/C78H152O17P2/c1-7-11-13-15-17-19-20-21-22-25-29-32-35-38-42-49-55-61-76(81)89-66-73(94-77(82)62-56-50-43-39-36-33-30-27-24-23-26-28-31-34-37-40-46-52-58-70(5)9-3)68-92-96(84,85)90-64-72(79)65-91-97(86,87)93-69-74(67-88-75(80)60-54-48-41-18-16-14-12-8-2)95-78(83)63-57-51-45-44-47-53-59-71(6)10-4/h70-74,79H,7-69H2,1-6H3,(H,84,85)(H,86,87)/t70?,71?,72-,73-,74-/m1/s1. The van der Waals surface area contributed by atoms with Gasteiger partial charge in [-0.15, -0.1) is 0 Å². The molecule has 0 aliphatic rings. The first-order valence-electron chi connectivity index (χ1n) is 40.6. The van der Waals surface area contributed by atoms with Crippen molar-refractivity contribution in [3.05, 3.63) is 0 Å². The molecule has 0 aromatic carbocycles. The molecule has 0 bridgehead atoms. The zero-order chi connectivity index (χ0) is 71.4. The van der Waals surface area contributed by atoms with Crippen molar-refractivity contribution in [3.8, 4) is 0 Å². The predicted octanol–water partition coefficient (Wildman–Crippen LogP) is 23.1. The van der Waals surface area contributed by atoms with Crippen molar-refractivity contribution in [2.45, 2.75) is 426 Å². The Bertz CT molecular complexity index is 1880. The first kappa shape index (κ1) is 95.1. The second-order valence-electron chi connectivity index (χ2n) is 28.6. The largest absolute Gasteiger partial charge is 0.472 e. The van der Waals surface area contributed by atoms with Gasteiger partial charge in [0.05, 0.1) is 26.4 Å². The molecule has 576 valence electrons. The molecular weight excluding hydrogens is 1270 g/mol. The molecule has 0 fully saturated rings. The first-order chi connectivity index (χ1) is 46.9. The van der Waals surface area contributed by atoms with E-state index in [9.17, 15) is 43.2 Å². The lowest BCUT2D eigenvalue weighted by molar-refractivity contribution is -0.161. The third-order valence-corrected chi connectivity index (χ3v) is 20.8. The summed E-state index contributed by atoms with van der Waals surface area (Å²) in [6.07, 6.45) is 58.5. The van der Waals surface area contributed by atoms with Crippen LogP contribution in [-0.2, 0) is 65.4 Å². The minimum atomic E-state index is -4.96. The molecule has 4 unspecified atom stereocenters. The van der Waals surface area contributed by atoms with Crippen molar-refractivity contribution >= 4 is 39.5 Å². The van der Waals surface area contributed by atoms with E-state index in [4.69, 9.17) is 37.0 Å². The Balaban J connectivity index is 5.17. The summed E-state index contributed by atoms with van der Waals surface area (Å²) >= 11 is 0. The molecule has 0 heterocycles. The van der Waals surface area contributed by atoms with Crippen LogP contribution in [0.25, 0.3) is 0 Å². The highest BCUT2D eigenvalue weighted by molar-refractivity contribution is 7.47. The molecule has 0 saturated heterocycles. The monoisotopic (exact) mass is 1420 g/mol. The summed E-state index contributed by atoms with van der Waals surface area (Å²) in [4.78, 5) is 72.7. The molecule has 97 heavy (non-hydrogen) atoms. The Kier molecular flexibility index (Phi) is 68.4. The van der Waals surface area contributed by atoms with Gasteiger partial charge in [0.25, 0.3) is 0 Å². The lowest BCUT2D eigenvalue weighted by atomic mass is 9.99. The van der Waals surface area contributed by atoms with Gasteiger partial charge in [-0.1, -0.05) is 356 Å². The maximum absolute atomic E-state index is 13.1. The fraction of sp³-hybridized carbons (Fsp3) is 0.949. The second-order valence-corrected chi connectivity index (χ2v) is 31.5.